The number of rotatable bonds is 3. The van der Waals surface area contributed by atoms with Gasteiger partial charge in [-0.3, -0.25) is 0 Å². The number of benzene rings is 1. The summed E-state index contributed by atoms with van der Waals surface area (Å²) in [5.41, 5.74) is 8.68. The molecule has 2 N–H and O–H groups in total. The summed E-state index contributed by atoms with van der Waals surface area (Å²) in [5, 5.41) is 14.1. The van der Waals surface area contributed by atoms with Crippen molar-refractivity contribution in [1.29, 1.82) is 0 Å². The van der Waals surface area contributed by atoms with Crippen molar-refractivity contribution in [2.45, 2.75) is 13.0 Å². The fourth-order valence-corrected chi connectivity index (χ4v) is 2.50. The Balaban J connectivity index is 1.99. The molecule has 0 amide bonds. The maximum Gasteiger partial charge on any atom is 0.143 e. The lowest BCUT2D eigenvalue weighted by molar-refractivity contribution is 0.789. The van der Waals surface area contributed by atoms with E-state index in [0.717, 1.165) is 22.0 Å². The van der Waals surface area contributed by atoms with Gasteiger partial charge in [0.2, 0.25) is 0 Å². The highest BCUT2D eigenvalue weighted by molar-refractivity contribution is 7.10. The van der Waals surface area contributed by atoms with E-state index in [-0.39, 0.29) is 6.04 Å². The molecule has 3 rings (SSSR count). The molecule has 0 radical (unpaired) electrons. The van der Waals surface area contributed by atoms with Crippen LogP contribution in [-0.4, -0.2) is 25.2 Å². The van der Waals surface area contributed by atoms with Crippen molar-refractivity contribution in [2.24, 2.45) is 5.73 Å². The largest absolute Gasteiger partial charge is 0.322 e. The zero-order valence-corrected chi connectivity index (χ0v) is 11.1. The van der Waals surface area contributed by atoms with E-state index >= 15 is 0 Å². The molecule has 96 valence electrons. The van der Waals surface area contributed by atoms with Gasteiger partial charge in [-0.1, -0.05) is 12.1 Å². The molecule has 0 aliphatic rings. The summed E-state index contributed by atoms with van der Waals surface area (Å²) >= 11 is 1.57. The third kappa shape index (κ3) is 2.38. The number of nitrogens with two attached hydrogens (primary N) is 1. The molecule has 0 spiro atoms. The van der Waals surface area contributed by atoms with Crippen molar-refractivity contribution in [3.8, 4) is 16.9 Å². The molecule has 3 aromatic rings. The first-order chi connectivity index (χ1) is 9.24. The monoisotopic (exact) mass is 272 g/mol. The molecule has 0 fully saturated rings. The summed E-state index contributed by atoms with van der Waals surface area (Å²) in [5.74, 6) is 0. The van der Waals surface area contributed by atoms with Crippen LogP contribution >= 0.6 is 11.3 Å². The average Bonchev–Trinajstić information content (AvgIpc) is 3.10. The number of nitrogens with zero attached hydrogens (tertiary/aromatic N) is 5. The first-order valence-corrected chi connectivity index (χ1v) is 6.67. The zero-order chi connectivity index (χ0) is 13.2. The topological polar surface area (TPSA) is 82.5 Å². The molecule has 7 heteroatoms. The standard InChI is InChI=1S/C12H12N6S/c1-8(13)12-15-11(6-19-12)9-3-2-4-10(5-9)18-7-14-16-17-18/h2-8H,13H2,1H3. The predicted molar refractivity (Wildman–Crippen MR) is 72.9 cm³/mol. The highest BCUT2D eigenvalue weighted by Gasteiger charge is 2.08. The third-order valence-corrected chi connectivity index (χ3v) is 3.71. The molecule has 1 atom stereocenters. The van der Waals surface area contributed by atoms with Gasteiger partial charge in [-0.25, -0.2) is 9.67 Å². The van der Waals surface area contributed by atoms with Crippen LogP contribution < -0.4 is 5.73 Å². The Kier molecular flexibility index (Phi) is 3.06. The van der Waals surface area contributed by atoms with Gasteiger partial charge >= 0.3 is 0 Å². The fraction of sp³-hybridized carbons (Fsp3) is 0.167. The Bertz CT molecular complexity index is 673. The summed E-state index contributed by atoms with van der Waals surface area (Å²) in [6, 6.07) is 7.86. The molecular weight excluding hydrogens is 260 g/mol. The lowest BCUT2D eigenvalue weighted by atomic mass is 10.1. The minimum atomic E-state index is -0.0403. The summed E-state index contributed by atoms with van der Waals surface area (Å²) in [7, 11) is 0. The number of thiazole rings is 1. The second-order valence-corrected chi connectivity index (χ2v) is 5.05. The van der Waals surface area contributed by atoms with Crippen LogP contribution in [0, 0.1) is 0 Å². The highest BCUT2D eigenvalue weighted by atomic mass is 32.1. The van der Waals surface area contributed by atoms with Crippen molar-refractivity contribution in [3.05, 3.63) is 41.0 Å². The molecule has 0 saturated heterocycles. The predicted octanol–water partition coefficient (Wildman–Crippen LogP) is 1.81. The molecule has 19 heavy (non-hydrogen) atoms. The molecule has 2 heterocycles. The molecule has 0 aliphatic heterocycles. The van der Waals surface area contributed by atoms with Crippen molar-refractivity contribution < 1.29 is 0 Å². The van der Waals surface area contributed by atoms with Gasteiger partial charge in [0, 0.05) is 10.9 Å². The van der Waals surface area contributed by atoms with E-state index in [9.17, 15) is 0 Å². The van der Waals surface area contributed by atoms with E-state index in [1.165, 1.54) is 0 Å². The quantitative estimate of drug-likeness (QED) is 0.786. The van der Waals surface area contributed by atoms with Crippen LogP contribution in [0.1, 0.15) is 18.0 Å². The molecule has 1 aromatic carbocycles. The van der Waals surface area contributed by atoms with Crippen LogP contribution in [-0.2, 0) is 0 Å². The van der Waals surface area contributed by atoms with E-state index in [0.29, 0.717) is 0 Å². The van der Waals surface area contributed by atoms with E-state index in [1.54, 1.807) is 22.3 Å². The molecule has 0 aliphatic carbocycles. The number of tetrazole rings is 1. The normalized spacial score (nSPS) is 12.5. The van der Waals surface area contributed by atoms with Crippen LogP contribution in [0.25, 0.3) is 16.9 Å². The van der Waals surface area contributed by atoms with Gasteiger partial charge in [-0.2, -0.15) is 0 Å². The third-order valence-electron chi connectivity index (χ3n) is 2.67. The zero-order valence-electron chi connectivity index (χ0n) is 10.3. The maximum absolute atomic E-state index is 5.83. The van der Waals surface area contributed by atoms with E-state index in [2.05, 4.69) is 20.5 Å². The van der Waals surface area contributed by atoms with E-state index in [4.69, 9.17) is 5.73 Å². The summed E-state index contributed by atoms with van der Waals surface area (Å²) in [6.45, 7) is 1.93. The second-order valence-electron chi connectivity index (χ2n) is 4.16. The van der Waals surface area contributed by atoms with Gasteiger partial charge in [0.25, 0.3) is 0 Å². The molecular formula is C12H12N6S. The van der Waals surface area contributed by atoms with Crippen LogP contribution in [0.2, 0.25) is 0 Å². The molecule has 6 nitrogen and oxygen atoms in total. The van der Waals surface area contributed by atoms with Gasteiger partial charge in [0.1, 0.15) is 11.3 Å². The van der Waals surface area contributed by atoms with Gasteiger partial charge in [-0.15, -0.1) is 16.4 Å². The number of hydrogen-bond donors (Lipinski definition) is 1. The number of hydrogen-bond acceptors (Lipinski definition) is 6. The molecule has 0 saturated carbocycles. The number of aromatic nitrogens is 5. The second kappa shape index (κ2) is 4.87. The van der Waals surface area contributed by atoms with Crippen LogP contribution in [0.15, 0.2) is 36.0 Å². The molecule has 1 unspecified atom stereocenters. The van der Waals surface area contributed by atoms with Gasteiger partial charge in [0.05, 0.1) is 17.4 Å². The van der Waals surface area contributed by atoms with E-state index in [1.807, 2.05) is 36.6 Å². The van der Waals surface area contributed by atoms with Crippen molar-refractivity contribution >= 4 is 11.3 Å². The Morgan fingerprint density at radius 2 is 2.26 bits per heavy atom. The minimum absolute atomic E-state index is 0.0403. The van der Waals surface area contributed by atoms with Crippen molar-refractivity contribution in [1.82, 2.24) is 25.2 Å². The Hall–Kier alpha value is -2.12. The SMILES string of the molecule is CC(N)c1nc(-c2cccc(-n3cnnn3)c2)cs1. The van der Waals surface area contributed by atoms with Gasteiger partial charge < -0.3 is 5.73 Å². The van der Waals surface area contributed by atoms with Gasteiger partial charge in [-0.05, 0) is 29.5 Å². The highest BCUT2D eigenvalue weighted by Crippen LogP contribution is 2.25. The van der Waals surface area contributed by atoms with E-state index < -0.39 is 0 Å². The average molecular weight is 272 g/mol. The lowest BCUT2D eigenvalue weighted by Crippen LogP contribution is -2.03. The summed E-state index contributed by atoms with van der Waals surface area (Å²) in [6.07, 6.45) is 1.56. The van der Waals surface area contributed by atoms with Crippen LogP contribution in [0.4, 0.5) is 0 Å². The summed E-state index contributed by atoms with van der Waals surface area (Å²) in [4.78, 5) is 4.54. The van der Waals surface area contributed by atoms with Gasteiger partial charge in [0.15, 0.2) is 0 Å². The van der Waals surface area contributed by atoms with Crippen molar-refractivity contribution in [2.75, 3.05) is 0 Å². The minimum Gasteiger partial charge on any atom is -0.322 e. The van der Waals surface area contributed by atoms with Crippen LogP contribution in [0.5, 0.6) is 0 Å². The lowest BCUT2D eigenvalue weighted by Gasteiger charge is -2.02. The molecule has 0 bridgehead atoms. The first-order valence-electron chi connectivity index (χ1n) is 5.79. The Morgan fingerprint density at radius 1 is 1.37 bits per heavy atom. The Morgan fingerprint density at radius 3 is 2.95 bits per heavy atom. The maximum atomic E-state index is 5.83. The van der Waals surface area contributed by atoms with Crippen LogP contribution in [0.3, 0.4) is 0 Å². The fourth-order valence-electron chi connectivity index (χ4n) is 1.72. The smallest absolute Gasteiger partial charge is 0.143 e. The summed E-state index contributed by atoms with van der Waals surface area (Å²) < 4.78 is 1.61. The van der Waals surface area contributed by atoms with Crippen molar-refractivity contribution in [3.63, 3.8) is 0 Å². The first kappa shape index (κ1) is 11.9. The molecule has 2 aromatic heterocycles. The Labute approximate surface area is 113 Å².